The van der Waals surface area contributed by atoms with Gasteiger partial charge < -0.3 is 4.90 Å². The highest BCUT2D eigenvalue weighted by Gasteiger charge is 2.01. The minimum Gasteiger partial charge on any atom is -0.306 e. The lowest BCUT2D eigenvalue weighted by Crippen LogP contribution is -2.18. The largest absolute Gasteiger partial charge is 0.306 e. The normalized spacial score (nSPS) is 19.5. The zero-order valence-corrected chi connectivity index (χ0v) is 8.35. The summed E-state index contributed by atoms with van der Waals surface area (Å²) in [4.78, 5) is 2.38. The van der Waals surface area contributed by atoms with Crippen molar-refractivity contribution in [3.8, 4) is 0 Å². The van der Waals surface area contributed by atoms with Gasteiger partial charge in [-0.3, -0.25) is 0 Å². The summed E-state index contributed by atoms with van der Waals surface area (Å²) < 4.78 is 0. The van der Waals surface area contributed by atoms with Gasteiger partial charge in [-0.05, 0) is 26.8 Å². The average Bonchev–Trinajstić information content (AvgIpc) is 2.20. The predicted octanol–water partition coefficient (Wildman–Crippen LogP) is 2.68. The average molecular weight is 155 g/mol. The van der Waals surface area contributed by atoms with Gasteiger partial charge in [-0.1, -0.05) is 25.5 Å². The summed E-state index contributed by atoms with van der Waals surface area (Å²) in [5, 5.41) is 0. The van der Waals surface area contributed by atoms with Crippen LogP contribution < -0.4 is 0 Å². The summed E-state index contributed by atoms with van der Waals surface area (Å²) in [6.45, 7) is 8.69. The van der Waals surface area contributed by atoms with E-state index in [9.17, 15) is 0 Å². The molecule has 0 bridgehead atoms. The molecular weight excluding hydrogens is 134 g/mol. The Morgan fingerprint density at radius 1 is 1.27 bits per heavy atom. The van der Waals surface area contributed by atoms with Gasteiger partial charge in [0.05, 0.1) is 0 Å². The number of nitrogens with zero attached hydrogens (tertiary/aromatic N) is 1. The standard InChI is InChI=1S/C8H15N.C2H6/c1-8-4-3-6-9(2)7-5-8;1-2/h4H,3,5-7H2,1-2H3;1-2H3. The van der Waals surface area contributed by atoms with Crippen LogP contribution in [0.15, 0.2) is 11.6 Å². The van der Waals surface area contributed by atoms with Gasteiger partial charge in [-0.25, -0.2) is 0 Å². The third-order valence-corrected chi connectivity index (χ3v) is 1.89. The molecule has 0 saturated heterocycles. The highest BCUT2D eigenvalue weighted by molar-refractivity contribution is 5.00. The van der Waals surface area contributed by atoms with E-state index in [0.717, 1.165) is 0 Å². The molecule has 66 valence electrons. The topological polar surface area (TPSA) is 3.24 Å². The van der Waals surface area contributed by atoms with E-state index in [4.69, 9.17) is 0 Å². The van der Waals surface area contributed by atoms with E-state index in [1.165, 1.54) is 25.9 Å². The van der Waals surface area contributed by atoms with Crippen LogP contribution in [-0.4, -0.2) is 25.0 Å². The van der Waals surface area contributed by atoms with Crippen LogP contribution in [-0.2, 0) is 0 Å². The molecule has 1 aliphatic rings. The molecule has 0 atom stereocenters. The van der Waals surface area contributed by atoms with Crippen LogP contribution >= 0.6 is 0 Å². The zero-order chi connectivity index (χ0) is 8.69. The monoisotopic (exact) mass is 155 g/mol. The van der Waals surface area contributed by atoms with Crippen molar-refractivity contribution in [1.82, 2.24) is 4.90 Å². The lowest BCUT2D eigenvalue weighted by atomic mass is 10.2. The van der Waals surface area contributed by atoms with Crippen molar-refractivity contribution < 1.29 is 0 Å². The first-order valence-corrected chi connectivity index (χ1v) is 4.63. The molecule has 0 fully saturated rings. The van der Waals surface area contributed by atoms with E-state index < -0.39 is 0 Å². The van der Waals surface area contributed by atoms with Crippen LogP contribution in [0.25, 0.3) is 0 Å². The Labute approximate surface area is 71.1 Å². The van der Waals surface area contributed by atoms with Crippen LogP contribution in [0, 0.1) is 0 Å². The van der Waals surface area contributed by atoms with E-state index in [0.29, 0.717) is 0 Å². The van der Waals surface area contributed by atoms with Crippen molar-refractivity contribution in [2.45, 2.75) is 33.6 Å². The molecule has 0 unspecified atom stereocenters. The van der Waals surface area contributed by atoms with Crippen LogP contribution in [0.2, 0.25) is 0 Å². The van der Waals surface area contributed by atoms with Crippen molar-refractivity contribution in [3.63, 3.8) is 0 Å². The molecule has 0 N–H and O–H groups in total. The molecular formula is C10H21N. The smallest absolute Gasteiger partial charge is 0.00155 e. The van der Waals surface area contributed by atoms with Gasteiger partial charge >= 0.3 is 0 Å². The Morgan fingerprint density at radius 2 is 1.91 bits per heavy atom. The van der Waals surface area contributed by atoms with Gasteiger partial charge in [-0.15, -0.1) is 0 Å². The van der Waals surface area contributed by atoms with Crippen molar-refractivity contribution in [2.75, 3.05) is 20.1 Å². The van der Waals surface area contributed by atoms with Crippen molar-refractivity contribution in [3.05, 3.63) is 11.6 Å². The zero-order valence-electron chi connectivity index (χ0n) is 8.35. The summed E-state index contributed by atoms with van der Waals surface area (Å²) in [5.41, 5.74) is 1.55. The van der Waals surface area contributed by atoms with E-state index >= 15 is 0 Å². The summed E-state index contributed by atoms with van der Waals surface area (Å²) in [5.74, 6) is 0. The molecule has 1 aliphatic heterocycles. The minimum atomic E-state index is 1.23. The molecule has 0 aromatic heterocycles. The Kier molecular flexibility index (Phi) is 6.24. The van der Waals surface area contributed by atoms with E-state index in [-0.39, 0.29) is 0 Å². The second-order valence-corrected chi connectivity index (χ2v) is 2.89. The number of hydrogen-bond acceptors (Lipinski definition) is 1. The predicted molar refractivity (Wildman–Crippen MR) is 51.8 cm³/mol. The minimum absolute atomic E-state index is 1.23. The van der Waals surface area contributed by atoms with E-state index in [1.54, 1.807) is 5.57 Å². The van der Waals surface area contributed by atoms with Gasteiger partial charge in [0, 0.05) is 13.1 Å². The SMILES string of the molecule is CC.CC1=CCCN(C)CC1. The summed E-state index contributed by atoms with van der Waals surface area (Å²) >= 11 is 0. The fraction of sp³-hybridized carbons (Fsp3) is 0.800. The van der Waals surface area contributed by atoms with Crippen LogP contribution in [0.1, 0.15) is 33.6 Å². The fourth-order valence-electron chi connectivity index (χ4n) is 1.11. The molecule has 0 spiro atoms. The Hall–Kier alpha value is -0.300. The van der Waals surface area contributed by atoms with Crippen LogP contribution in [0.4, 0.5) is 0 Å². The molecule has 11 heavy (non-hydrogen) atoms. The van der Waals surface area contributed by atoms with Gasteiger partial charge in [0.15, 0.2) is 0 Å². The van der Waals surface area contributed by atoms with E-state index in [1.807, 2.05) is 13.8 Å². The first-order chi connectivity index (χ1) is 5.29. The summed E-state index contributed by atoms with van der Waals surface area (Å²) in [6, 6.07) is 0. The molecule has 1 rings (SSSR count). The third-order valence-electron chi connectivity index (χ3n) is 1.89. The highest BCUT2D eigenvalue weighted by atomic mass is 15.1. The summed E-state index contributed by atoms with van der Waals surface area (Å²) in [7, 11) is 2.19. The maximum Gasteiger partial charge on any atom is 0.00155 e. The van der Waals surface area contributed by atoms with Gasteiger partial charge in [0.25, 0.3) is 0 Å². The fourth-order valence-corrected chi connectivity index (χ4v) is 1.11. The molecule has 1 nitrogen and oxygen atoms in total. The first-order valence-electron chi connectivity index (χ1n) is 4.63. The quantitative estimate of drug-likeness (QED) is 0.486. The van der Waals surface area contributed by atoms with Crippen molar-refractivity contribution in [2.24, 2.45) is 0 Å². The van der Waals surface area contributed by atoms with Crippen LogP contribution in [0.5, 0.6) is 0 Å². The van der Waals surface area contributed by atoms with Crippen molar-refractivity contribution >= 4 is 0 Å². The van der Waals surface area contributed by atoms with Crippen LogP contribution in [0.3, 0.4) is 0 Å². The first kappa shape index (κ1) is 10.7. The maximum absolute atomic E-state index is 2.38. The second kappa shape index (κ2) is 6.41. The summed E-state index contributed by atoms with van der Waals surface area (Å²) in [6.07, 6.45) is 4.85. The lowest BCUT2D eigenvalue weighted by Gasteiger charge is -2.11. The van der Waals surface area contributed by atoms with Gasteiger partial charge in [0.1, 0.15) is 0 Å². The maximum atomic E-state index is 2.38. The highest BCUT2D eigenvalue weighted by Crippen LogP contribution is 2.07. The molecule has 0 saturated carbocycles. The van der Waals surface area contributed by atoms with E-state index in [2.05, 4.69) is 24.9 Å². The molecule has 0 aliphatic carbocycles. The van der Waals surface area contributed by atoms with Gasteiger partial charge in [0.2, 0.25) is 0 Å². The lowest BCUT2D eigenvalue weighted by molar-refractivity contribution is 0.353. The molecule has 0 aromatic rings. The molecule has 0 aromatic carbocycles. The molecule has 0 radical (unpaired) electrons. The molecule has 0 amide bonds. The van der Waals surface area contributed by atoms with Crippen molar-refractivity contribution in [1.29, 1.82) is 0 Å². The molecule has 1 heteroatoms. The van der Waals surface area contributed by atoms with Gasteiger partial charge in [-0.2, -0.15) is 0 Å². The molecule has 1 heterocycles. The number of hydrogen-bond donors (Lipinski definition) is 0. The third kappa shape index (κ3) is 5.02. The Morgan fingerprint density at radius 3 is 2.55 bits per heavy atom. The number of rotatable bonds is 0. The second-order valence-electron chi connectivity index (χ2n) is 2.89. The Bertz CT molecular complexity index is 116. The Balaban J connectivity index is 0.000000461.